The highest BCUT2D eigenvalue weighted by Crippen LogP contribution is 2.38. The van der Waals surface area contributed by atoms with E-state index in [4.69, 9.17) is 9.68 Å². The highest BCUT2D eigenvalue weighted by atomic mass is 32.2. The highest BCUT2D eigenvalue weighted by molar-refractivity contribution is 7.99. The maximum atomic E-state index is 8.96. The molecule has 1 heterocycles. The zero-order chi connectivity index (χ0) is 10.8. The average Bonchev–Trinajstić information content (AvgIpc) is 2.75. The lowest BCUT2D eigenvalue weighted by Crippen LogP contribution is -2.07. The molecule has 0 bridgehead atoms. The lowest BCUT2D eigenvalue weighted by molar-refractivity contribution is 0.429. The SMILES string of the molecule is Cc1nc(SC2CCCC2C#N)oc1C. The van der Waals surface area contributed by atoms with Gasteiger partial charge in [-0.15, -0.1) is 0 Å². The van der Waals surface area contributed by atoms with Gasteiger partial charge < -0.3 is 4.42 Å². The van der Waals surface area contributed by atoms with E-state index in [0.717, 1.165) is 35.9 Å². The third-order valence-corrected chi connectivity index (χ3v) is 4.12. The number of hydrogen-bond donors (Lipinski definition) is 0. The fourth-order valence-electron chi connectivity index (χ4n) is 1.84. The standard InChI is InChI=1S/C11H14N2OS/c1-7-8(2)14-11(13-7)15-10-5-3-4-9(10)6-12/h9-10H,3-5H2,1-2H3. The summed E-state index contributed by atoms with van der Waals surface area (Å²) in [7, 11) is 0. The monoisotopic (exact) mass is 222 g/mol. The molecule has 1 aliphatic carbocycles. The van der Waals surface area contributed by atoms with Gasteiger partial charge in [0.1, 0.15) is 5.76 Å². The minimum Gasteiger partial charge on any atom is -0.437 e. The van der Waals surface area contributed by atoms with Crippen LogP contribution in [0.25, 0.3) is 0 Å². The first-order chi connectivity index (χ1) is 7.20. The maximum Gasteiger partial charge on any atom is 0.256 e. The lowest BCUT2D eigenvalue weighted by atomic mass is 10.1. The van der Waals surface area contributed by atoms with E-state index in [0.29, 0.717) is 5.25 Å². The number of thioether (sulfide) groups is 1. The molecule has 4 heteroatoms. The Morgan fingerprint density at radius 2 is 2.27 bits per heavy atom. The van der Waals surface area contributed by atoms with Gasteiger partial charge in [-0.05, 0) is 26.7 Å². The number of oxazole rings is 1. The predicted molar refractivity (Wildman–Crippen MR) is 58.6 cm³/mol. The van der Waals surface area contributed by atoms with Gasteiger partial charge in [0, 0.05) is 5.25 Å². The van der Waals surface area contributed by atoms with Crippen LogP contribution in [0.2, 0.25) is 0 Å². The van der Waals surface area contributed by atoms with Gasteiger partial charge in [-0.1, -0.05) is 18.2 Å². The topological polar surface area (TPSA) is 49.8 Å². The van der Waals surface area contributed by atoms with Crippen LogP contribution >= 0.6 is 11.8 Å². The zero-order valence-corrected chi connectivity index (χ0v) is 9.80. The van der Waals surface area contributed by atoms with Gasteiger partial charge in [0.25, 0.3) is 5.22 Å². The van der Waals surface area contributed by atoms with Crippen LogP contribution in [-0.4, -0.2) is 10.2 Å². The van der Waals surface area contributed by atoms with E-state index in [1.807, 2.05) is 13.8 Å². The molecule has 0 aliphatic heterocycles. The molecule has 3 nitrogen and oxygen atoms in total. The number of aryl methyl sites for hydroxylation is 2. The summed E-state index contributed by atoms with van der Waals surface area (Å²) in [5.41, 5.74) is 0.948. The molecular formula is C11H14N2OS. The van der Waals surface area contributed by atoms with E-state index in [1.54, 1.807) is 11.8 Å². The number of nitrogens with zero attached hydrogens (tertiary/aromatic N) is 2. The van der Waals surface area contributed by atoms with Crippen molar-refractivity contribution in [2.45, 2.75) is 43.6 Å². The van der Waals surface area contributed by atoms with E-state index in [9.17, 15) is 0 Å². The fraction of sp³-hybridized carbons (Fsp3) is 0.636. The molecule has 2 unspecified atom stereocenters. The van der Waals surface area contributed by atoms with E-state index < -0.39 is 0 Å². The van der Waals surface area contributed by atoms with Gasteiger partial charge in [-0.2, -0.15) is 5.26 Å². The van der Waals surface area contributed by atoms with Gasteiger partial charge in [0.2, 0.25) is 0 Å². The van der Waals surface area contributed by atoms with Gasteiger partial charge in [0.15, 0.2) is 0 Å². The summed E-state index contributed by atoms with van der Waals surface area (Å²) < 4.78 is 5.51. The quantitative estimate of drug-likeness (QED) is 0.771. The maximum absolute atomic E-state index is 8.96. The number of nitriles is 1. The Labute approximate surface area is 93.9 Å². The van der Waals surface area contributed by atoms with Crippen LogP contribution in [0.3, 0.4) is 0 Å². The zero-order valence-electron chi connectivity index (χ0n) is 8.99. The lowest BCUT2D eigenvalue weighted by Gasteiger charge is -2.08. The van der Waals surface area contributed by atoms with Crippen molar-refractivity contribution in [2.24, 2.45) is 5.92 Å². The Morgan fingerprint density at radius 1 is 1.47 bits per heavy atom. The van der Waals surface area contributed by atoms with E-state index in [1.165, 1.54) is 0 Å². The second-order valence-corrected chi connectivity index (χ2v) is 5.13. The molecular weight excluding hydrogens is 208 g/mol. The fourth-order valence-corrected chi connectivity index (χ4v) is 3.11. The Kier molecular flexibility index (Phi) is 3.01. The van der Waals surface area contributed by atoms with E-state index in [-0.39, 0.29) is 5.92 Å². The number of hydrogen-bond acceptors (Lipinski definition) is 4. The van der Waals surface area contributed by atoms with Crippen molar-refractivity contribution in [3.63, 3.8) is 0 Å². The Hall–Kier alpha value is -0.950. The van der Waals surface area contributed by atoms with Crippen LogP contribution in [0.15, 0.2) is 9.64 Å². The van der Waals surface area contributed by atoms with Crippen molar-refractivity contribution in [1.29, 1.82) is 5.26 Å². The van der Waals surface area contributed by atoms with Crippen molar-refractivity contribution < 1.29 is 4.42 Å². The molecule has 1 aromatic heterocycles. The molecule has 0 saturated heterocycles. The van der Waals surface area contributed by atoms with Gasteiger partial charge in [-0.3, -0.25) is 0 Å². The first-order valence-electron chi connectivity index (χ1n) is 5.21. The molecule has 1 aromatic rings. The molecule has 2 rings (SSSR count). The van der Waals surface area contributed by atoms with Gasteiger partial charge in [-0.25, -0.2) is 4.98 Å². The molecule has 0 radical (unpaired) electrons. The normalized spacial score (nSPS) is 25.4. The Bertz CT molecular complexity index is 374. The second kappa shape index (κ2) is 4.28. The molecule has 0 amide bonds. The third-order valence-electron chi connectivity index (χ3n) is 2.88. The van der Waals surface area contributed by atoms with Crippen molar-refractivity contribution in [3.8, 4) is 6.07 Å². The summed E-state index contributed by atoms with van der Waals surface area (Å²) in [6.45, 7) is 3.86. The summed E-state index contributed by atoms with van der Waals surface area (Å²) in [5.74, 6) is 1.05. The summed E-state index contributed by atoms with van der Waals surface area (Å²) in [5, 5.41) is 10.0. The molecule has 1 fully saturated rings. The molecule has 2 atom stereocenters. The number of aromatic nitrogens is 1. The molecule has 15 heavy (non-hydrogen) atoms. The largest absolute Gasteiger partial charge is 0.437 e. The van der Waals surface area contributed by atoms with Crippen LogP contribution in [-0.2, 0) is 0 Å². The first-order valence-corrected chi connectivity index (χ1v) is 6.09. The Balaban J connectivity index is 2.06. The molecule has 0 N–H and O–H groups in total. The molecule has 80 valence electrons. The molecule has 0 spiro atoms. The third kappa shape index (κ3) is 2.18. The molecule has 1 saturated carbocycles. The average molecular weight is 222 g/mol. The predicted octanol–water partition coefficient (Wildman–Crippen LogP) is 3.08. The summed E-state index contributed by atoms with van der Waals surface area (Å²) >= 11 is 1.62. The molecule has 1 aliphatic rings. The van der Waals surface area contributed by atoms with Gasteiger partial charge in [0.05, 0.1) is 17.7 Å². The minimum atomic E-state index is 0.169. The van der Waals surface area contributed by atoms with Crippen molar-refractivity contribution in [3.05, 3.63) is 11.5 Å². The minimum absolute atomic E-state index is 0.169. The van der Waals surface area contributed by atoms with Crippen LogP contribution in [0, 0.1) is 31.1 Å². The summed E-state index contributed by atoms with van der Waals surface area (Å²) in [6.07, 6.45) is 3.27. The Morgan fingerprint density at radius 3 is 2.87 bits per heavy atom. The second-order valence-electron chi connectivity index (χ2n) is 3.94. The number of rotatable bonds is 2. The van der Waals surface area contributed by atoms with Crippen LogP contribution in [0.5, 0.6) is 0 Å². The summed E-state index contributed by atoms with van der Waals surface area (Å²) in [4.78, 5) is 4.33. The van der Waals surface area contributed by atoms with Crippen LogP contribution in [0.4, 0.5) is 0 Å². The smallest absolute Gasteiger partial charge is 0.256 e. The van der Waals surface area contributed by atoms with Crippen molar-refractivity contribution >= 4 is 11.8 Å². The van der Waals surface area contributed by atoms with E-state index in [2.05, 4.69) is 11.1 Å². The summed E-state index contributed by atoms with van der Waals surface area (Å²) in [6, 6.07) is 2.37. The van der Waals surface area contributed by atoms with Gasteiger partial charge >= 0.3 is 0 Å². The van der Waals surface area contributed by atoms with Crippen LogP contribution in [0.1, 0.15) is 30.7 Å². The van der Waals surface area contributed by atoms with Crippen molar-refractivity contribution in [1.82, 2.24) is 4.98 Å². The highest BCUT2D eigenvalue weighted by Gasteiger charge is 2.29. The molecule has 0 aromatic carbocycles. The first kappa shape index (κ1) is 10.6. The van der Waals surface area contributed by atoms with Crippen LogP contribution < -0.4 is 0 Å². The van der Waals surface area contributed by atoms with E-state index >= 15 is 0 Å². The van der Waals surface area contributed by atoms with Crippen molar-refractivity contribution in [2.75, 3.05) is 0 Å².